The number of rotatable bonds is 6. The topological polar surface area (TPSA) is 42.4 Å². The lowest BCUT2D eigenvalue weighted by Gasteiger charge is -2.17. The number of methoxy groups -OCH3 is 1. The maximum absolute atomic E-state index is 11.3. The summed E-state index contributed by atoms with van der Waals surface area (Å²) in [5.74, 6) is -0.217. The zero-order chi connectivity index (χ0) is 15.2. The molecule has 1 heterocycles. The lowest BCUT2D eigenvalue weighted by molar-refractivity contribution is -0.142. The first-order valence-corrected chi connectivity index (χ1v) is 7.81. The number of carbonyl (C=O) groups excluding carboxylic acids is 1. The molecule has 2 rings (SSSR count). The molecule has 112 valence electrons. The Morgan fingerprint density at radius 2 is 2.05 bits per heavy atom. The van der Waals surface area contributed by atoms with Gasteiger partial charge in [-0.2, -0.15) is 0 Å². The van der Waals surface area contributed by atoms with Crippen LogP contribution >= 0.6 is 11.3 Å². The van der Waals surface area contributed by atoms with Crippen molar-refractivity contribution in [1.82, 2.24) is 9.88 Å². The molecule has 4 nitrogen and oxygen atoms in total. The smallest absolute Gasteiger partial charge is 0.319 e. The highest BCUT2D eigenvalue weighted by Gasteiger charge is 2.12. The maximum atomic E-state index is 11.3. The number of aryl methyl sites for hydroxylation is 1. The Bertz CT molecular complexity index is 593. The average molecular weight is 304 g/mol. The van der Waals surface area contributed by atoms with Crippen molar-refractivity contribution in [3.63, 3.8) is 0 Å². The highest BCUT2D eigenvalue weighted by atomic mass is 32.1. The van der Waals surface area contributed by atoms with Gasteiger partial charge >= 0.3 is 5.97 Å². The van der Waals surface area contributed by atoms with E-state index in [1.807, 2.05) is 11.8 Å². The predicted octanol–water partition coefficient (Wildman–Crippen LogP) is 3.11. The highest BCUT2D eigenvalue weighted by Crippen LogP contribution is 2.24. The third-order valence-electron chi connectivity index (χ3n) is 3.26. The molecule has 0 saturated carbocycles. The summed E-state index contributed by atoms with van der Waals surface area (Å²) in [6.45, 7) is 5.84. The number of hydrogen-bond donors (Lipinski definition) is 0. The number of benzene rings is 1. The zero-order valence-corrected chi connectivity index (χ0v) is 13.4. The van der Waals surface area contributed by atoms with E-state index in [0.29, 0.717) is 13.1 Å². The molecule has 1 aromatic heterocycles. The molecule has 5 heteroatoms. The Balaban J connectivity index is 2.05. The number of thiazole rings is 1. The summed E-state index contributed by atoms with van der Waals surface area (Å²) in [6.07, 6.45) is 0. The third-order valence-corrected chi connectivity index (χ3v) is 4.20. The van der Waals surface area contributed by atoms with Gasteiger partial charge in [-0.3, -0.25) is 9.69 Å². The van der Waals surface area contributed by atoms with E-state index in [1.54, 1.807) is 11.3 Å². The molecule has 0 fully saturated rings. The molecule has 0 unspecified atom stereocenters. The summed E-state index contributed by atoms with van der Waals surface area (Å²) < 4.78 is 4.71. The minimum atomic E-state index is -0.217. The minimum Gasteiger partial charge on any atom is -0.468 e. The predicted molar refractivity (Wildman–Crippen MR) is 85.3 cm³/mol. The van der Waals surface area contributed by atoms with Crippen LogP contribution in [-0.2, 0) is 16.1 Å². The summed E-state index contributed by atoms with van der Waals surface area (Å²) in [4.78, 5) is 18.0. The Hall–Kier alpha value is -1.72. The van der Waals surface area contributed by atoms with E-state index in [1.165, 1.54) is 12.7 Å². The van der Waals surface area contributed by atoms with Crippen LogP contribution in [0, 0.1) is 6.92 Å². The van der Waals surface area contributed by atoms with E-state index >= 15 is 0 Å². The quantitative estimate of drug-likeness (QED) is 0.769. The van der Waals surface area contributed by atoms with Crippen LogP contribution in [0.3, 0.4) is 0 Å². The minimum absolute atomic E-state index is 0.217. The number of hydrogen-bond acceptors (Lipinski definition) is 5. The zero-order valence-electron chi connectivity index (χ0n) is 12.6. The normalized spacial score (nSPS) is 10.9. The maximum Gasteiger partial charge on any atom is 0.319 e. The van der Waals surface area contributed by atoms with Crippen LogP contribution in [0.15, 0.2) is 29.6 Å². The van der Waals surface area contributed by atoms with Crippen molar-refractivity contribution >= 4 is 17.3 Å². The lowest BCUT2D eigenvalue weighted by Crippen LogP contribution is -2.30. The molecule has 0 amide bonds. The number of likely N-dealkylation sites (N-methyl/N-ethyl adjacent to an activating group) is 1. The molecule has 0 saturated heterocycles. The molecule has 1 aromatic carbocycles. The first-order chi connectivity index (χ1) is 10.1. The van der Waals surface area contributed by atoms with Crippen LogP contribution in [0.2, 0.25) is 0 Å². The van der Waals surface area contributed by atoms with Crippen LogP contribution in [-0.4, -0.2) is 36.1 Å². The Morgan fingerprint density at radius 1 is 1.33 bits per heavy atom. The molecule has 0 N–H and O–H groups in total. The monoisotopic (exact) mass is 304 g/mol. The van der Waals surface area contributed by atoms with Gasteiger partial charge in [0.1, 0.15) is 5.01 Å². The number of ether oxygens (including phenoxy) is 1. The number of esters is 1. The fourth-order valence-electron chi connectivity index (χ4n) is 1.96. The van der Waals surface area contributed by atoms with Gasteiger partial charge in [-0.05, 0) is 13.5 Å². The van der Waals surface area contributed by atoms with Crippen LogP contribution in [0.1, 0.15) is 18.2 Å². The average Bonchev–Trinajstić information content (AvgIpc) is 2.95. The van der Waals surface area contributed by atoms with E-state index in [-0.39, 0.29) is 5.97 Å². The van der Waals surface area contributed by atoms with Gasteiger partial charge in [0.05, 0.1) is 19.3 Å². The van der Waals surface area contributed by atoms with Gasteiger partial charge in [0, 0.05) is 17.5 Å². The molecule has 0 aliphatic carbocycles. The van der Waals surface area contributed by atoms with Gasteiger partial charge in [-0.1, -0.05) is 36.8 Å². The number of nitrogens with zero attached hydrogens (tertiary/aromatic N) is 2. The van der Waals surface area contributed by atoms with Crippen LogP contribution in [0.5, 0.6) is 0 Å². The van der Waals surface area contributed by atoms with Gasteiger partial charge in [0.15, 0.2) is 0 Å². The summed E-state index contributed by atoms with van der Waals surface area (Å²) in [7, 11) is 1.41. The third kappa shape index (κ3) is 4.37. The number of carbonyl (C=O) groups is 1. The lowest BCUT2D eigenvalue weighted by atomic mass is 10.2. The molecule has 0 aliphatic heterocycles. The second-order valence-corrected chi connectivity index (χ2v) is 5.75. The van der Waals surface area contributed by atoms with Crippen LogP contribution in [0.4, 0.5) is 0 Å². The van der Waals surface area contributed by atoms with E-state index in [4.69, 9.17) is 4.74 Å². The Morgan fingerprint density at radius 3 is 2.67 bits per heavy atom. The van der Waals surface area contributed by atoms with Crippen molar-refractivity contribution in [2.24, 2.45) is 0 Å². The van der Waals surface area contributed by atoms with E-state index < -0.39 is 0 Å². The summed E-state index contributed by atoms with van der Waals surface area (Å²) in [6, 6.07) is 8.35. The van der Waals surface area contributed by atoms with Crippen molar-refractivity contribution < 1.29 is 9.53 Å². The van der Waals surface area contributed by atoms with Crippen LogP contribution < -0.4 is 0 Å². The van der Waals surface area contributed by atoms with E-state index in [0.717, 1.165) is 22.8 Å². The van der Waals surface area contributed by atoms with Crippen molar-refractivity contribution in [1.29, 1.82) is 0 Å². The molecular weight excluding hydrogens is 284 g/mol. The van der Waals surface area contributed by atoms with Crippen molar-refractivity contribution in [3.8, 4) is 10.6 Å². The Kier molecular flexibility index (Phi) is 5.47. The largest absolute Gasteiger partial charge is 0.468 e. The second kappa shape index (κ2) is 7.33. The first-order valence-electron chi connectivity index (χ1n) is 6.93. The summed E-state index contributed by atoms with van der Waals surface area (Å²) >= 11 is 1.63. The van der Waals surface area contributed by atoms with Crippen molar-refractivity contribution in [2.75, 3.05) is 20.2 Å². The highest BCUT2D eigenvalue weighted by molar-refractivity contribution is 7.13. The van der Waals surface area contributed by atoms with Crippen LogP contribution in [0.25, 0.3) is 10.6 Å². The standard InChI is InChI=1S/C16H20N2O2S/c1-4-18(10-15(19)20-3)9-14-11-21-16(17-14)13-7-5-12(2)6-8-13/h5-8,11H,4,9-10H2,1-3H3. The molecule has 0 atom stereocenters. The molecule has 0 aliphatic rings. The molecule has 0 spiro atoms. The van der Waals surface area contributed by atoms with E-state index in [2.05, 4.69) is 41.6 Å². The fraction of sp³-hybridized carbons (Fsp3) is 0.375. The molecular formula is C16H20N2O2S. The number of aromatic nitrogens is 1. The van der Waals surface area contributed by atoms with Gasteiger partial charge in [0.2, 0.25) is 0 Å². The van der Waals surface area contributed by atoms with Gasteiger partial charge in [-0.25, -0.2) is 4.98 Å². The van der Waals surface area contributed by atoms with Crippen molar-refractivity contribution in [3.05, 3.63) is 40.9 Å². The van der Waals surface area contributed by atoms with E-state index in [9.17, 15) is 4.79 Å². The van der Waals surface area contributed by atoms with Gasteiger partial charge < -0.3 is 4.74 Å². The van der Waals surface area contributed by atoms with Gasteiger partial charge in [0.25, 0.3) is 0 Å². The van der Waals surface area contributed by atoms with Crippen molar-refractivity contribution in [2.45, 2.75) is 20.4 Å². The molecule has 21 heavy (non-hydrogen) atoms. The van der Waals surface area contributed by atoms with Gasteiger partial charge in [-0.15, -0.1) is 11.3 Å². The second-order valence-electron chi connectivity index (χ2n) is 4.89. The molecule has 0 radical (unpaired) electrons. The summed E-state index contributed by atoms with van der Waals surface area (Å²) in [5, 5.41) is 3.06. The first kappa shape index (κ1) is 15.7. The fourth-order valence-corrected chi connectivity index (χ4v) is 2.78. The molecule has 2 aromatic rings. The Labute approximate surface area is 129 Å². The molecule has 0 bridgehead atoms. The summed E-state index contributed by atoms with van der Waals surface area (Å²) in [5.41, 5.74) is 3.36. The SMILES string of the molecule is CCN(CC(=O)OC)Cc1csc(-c2ccc(C)cc2)n1.